The van der Waals surface area contributed by atoms with Gasteiger partial charge in [-0.1, -0.05) is 11.6 Å². The van der Waals surface area contributed by atoms with Gasteiger partial charge >= 0.3 is 0 Å². The lowest BCUT2D eigenvalue weighted by Gasteiger charge is -2.18. The number of carbonyl (C=O) groups excluding carboxylic acids is 2. The van der Waals surface area contributed by atoms with Gasteiger partial charge in [0.05, 0.1) is 30.2 Å². The Morgan fingerprint density at radius 1 is 1.29 bits per heavy atom. The highest BCUT2D eigenvalue weighted by Gasteiger charge is 2.50. The van der Waals surface area contributed by atoms with Gasteiger partial charge in [0.25, 0.3) is 5.92 Å². The molecule has 0 saturated heterocycles. The van der Waals surface area contributed by atoms with Crippen LogP contribution in [-0.4, -0.2) is 22.3 Å². The van der Waals surface area contributed by atoms with Crippen molar-refractivity contribution in [2.75, 3.05) is 5.32 Å². The molecule has 3 N–H and O–H groups in total. The van der Waals surface area contributed by atoms with Crippen molar-refractivity contribution < 1.29 is 18.4 Å². The highest BCUT2D eigenvalue weighted by Crippen LogP contribution is 2.37. The topological polar surface area (TPSA) is 107 Å². The van der Waals surface area contributed by atoms with Crippen LogP contribution in [-0.2, 0) is 22.1 Å². The maximum atomic E-state index is 13.9. The molecule has 31 heavy (non-hydrogen) atoms. The van der Waals surface area contributed by atoms with Gasteiger partial charge in [0, 0.05) is 23.2 Å². The Kier molecular flexibility index (Phi) is 6.41. The van der Waals surface area contributed by atoms with E-state index in [1.54, 1.807) is 18.2 Å². The van der Waals surface area contributed by atoms with Crippen LogP contribution in [0.4, 0.5) is 20.2 Å². The van der Waals surface area contributed by atoms with Crippen LogP contribution in [0.25, 0.3) is 0 Å². The number of nitrogens with one attached hydrogen (secondary N) is 3. The summed E-state index contributed by atoms with van der Waals surface area (Å²) in [7, 11) is 0. The minimum atomic E-state index is -3.08. The second-order valence-electron chi connectivity index (χ2n) is 7.39. The second-order valence-corrected chi connectivity index (χ2v) is 7.83. The molecule has 1 fully saturated rings. The first kappa shape index (κ1) is 22.4. The third-order valence-corrected chi connectivity index (χ3v) is 5.03. The van der Waals surface area contributed by atoms with E-state index in [9.17, 15) is 18.4 Å². The maximum absolute atomic E-state index is 13.9. The number of alkyl halides is 2. The number of hydrogen-bond acceptors (Lipinski definition) is 5. The lowest BCUT2D eigenvalue weighted by atomic mass is 10.1. The number of amides is 2. The molecule has 1 heterocycles. The third kappa shape index (κ3) is 5.67. The van der Waals surface area contributed by atoms with E-state index in [4.69, 9.17) is 16.9 Å². The van der Waals surface area contributed by atoms with E-state index < -0.39 is 17.4 Å². The fraction of sp³-hybridized carbons (Fsp3) is 0.333. The lowest BCUT2D eigenvalue weighted by Crippen LogP contribution is -2.48. The van der Waals surface area contributed by atoms with E-state index >= 15 is 0 Å². The summed E-state index contributed by atoms with van der Waals surface area (Å²) in [6.07, 6.45) is 2.19. The molecule has 2 aromatic rings. The molecule has 10 heteroatoms. The normalized spacial score (nSPS) is 14.3. The molecule has 3 rings (SSSR count). The van der Waals surface area contributed by atoms with Gasteiger partial charge in [-0.15, -0.1) is 0 Å². The van der Waals surface area contributed by atoms with Gasteiger partial charge in [-0.05, 0) is 43.2 Å². The van der Waals surface area contributed by atoms with Crippen molar-refractivity contribution in [3.8, 4) is 6.07 Å². The summed E-state index contributed by atoms with van der Waals surface area (Å²) in [4.78, 5) is 28.2. The largest absolute Gasteiger partial charge is 0.354 e. The van der Waals surface area contributed by atoms with Crippen molar-refractivity contribution in [2.24, 2.45) is 0 Å². The number of rotatable bonds is 8. The van der Waals surface area contributed by atoms with Crippen LogP contribution in [0.3, 0.4) is 0 Å². The minimum absolute atomic E-state index is 0.133. The summed E-state index contributed by atoms with van der Waals surface area (Å²) in [5.41, 5.74) is 0.0693. The average Bonchev–Trinajstić information content (AvgIpc) is 3.48. The number of nitriles is 1. The van der Waals surface area contributed by atoms with Gasteiger partial charge in [-0.25, -0.2) is 8.78 Å². The standard InChI is InChI=1S/C21H20ClF2N5O2/c1-20(23,24)16-10-13(22)2-5-17(16)28-15-4-3-14(26-12-15)11-27-19(31)21(7-8-21)29-18(30)6-9-25/h2-5,10,12,28H,6-8,11H2,1H3,(H,27,31)(H,29,30). The fourth-order valence-electron chi connectivity index (χ4n) is 3.00. The highest BCUT2D eigenvalue weighted by atomic mass is 35.5. The first-order valence-corrected chi connectivity index (χ1v) is 9.87. The summed E-state index contributed by atoms with van der Waals surface area (Å²) in [6, 6.07) is 9.24. The van der Waals surface area contributed by atoms with Crippen molar-refractivity contribution in [1.82, 2.24) is 15.6 Å². The average molecular weight is 448 g/mol. The zero-order valence-electron chi connectivity index (χ0n) is 16.6. The number of aromatic nitrogens is 1. The predicted molar refractivity (Wildman–Crippen MR) is 111 cm³/mol. The Labute approximate surface area is 182 Å². The molecule has 0 unspecified atom stereocenters. The van der Waals surface area contributed by atoms with Gasteiger partial charge < -0.3 is 16.0 Å². The van der Waals surface area contributed by atoms with Crippen LogP contribution < -0.4 is 16.0 Å². The van der Waals surface area contributed by atoms with Crippen LogP contribution in [0, 0.1) is 11.3 Å². The van der Waals surface area contributed by atoms with Crippen molar-refractivity contribution in [3.05, 3.63) is 52.8 Å². The monoisotopic (exact) mass is 447 g/mol. The highest BCUT2D eigenvalue weighted by molar-refractivity contribution is 6.30. The van der Waals surface area contributed by atoms with E-state index in [2.05, 4.69) is 20.9 Å². The van der Waals surface area contributed by atoms with Crippen LogP contribution >= 0.6 is 11.6 Å². The van der Waals surface area contributed by atoms with Crippen molar-refractivity contribution in [2.45, 2.75) is 44.2 Å². The van der Waals surface area contributed by atoms with E-state index in [0.717, 1.165) is 6.92 Å². The van der Waals surface area contributed by atoms with E-state index in [-0.39, 0.29) is 35.1 Å². The number of halogens is 3. The number of nitrogens with zero attached hydrogens (tertiary/aromatic N) is 2. The van der Waals surface area contributed by atoms with Gasteiger partial charge in [0.1, 0.15) is 12.0 Å². The zero-order valence-corrected chi connectivity index (χ0v) is 17.4. The van der Waals surface area contributed by atoms with E-state index in [1.165, 1.54) is 24.4 Å². The molecule has 1 aromatic heterocycles. The van der Waals surface area contributed by atoms with Crippen molar-refractivity contribution in [3.63, 3.8) is 0 Å². The summed E-state index contributed by atoms with van der Waals surface area (Å²) in [5.74, 6) is -3.89. The fourth-order valence-corrected chi connectivity index (χ4v) is 3.18. The first-order chi connectivity index (χ1) is 14.6. The zero-order chi connectivity index (χ0) is 22.6. The molecule has 1 aliphatic carbocycles. The molecule has 0 radical (unpaired) electrons. The molecule has 0 atom stereocenters. The Morgan fingerprint density at radius 2 is 2.03 bits per heavy atom. The summed E-state index contributed by atoms with van der Waals surface area (Å²) < 4.78 is 27.7. The minimum Gasteiger partial charge on any atom is -0.354 e. The lowest BCUT2D eigenvalue weighted by molar-refractivity contribution is -0.129. The number of anilines is 2. The molecular formula is C21H20ClF2N5O2. The smallest absolute Gasteiger partial charge is 0.272 e. The summed E-state index contributed by atoms with van der Waals surface area (Å²) in [6.45, 7) is 0.928. The van der Waals surface area contributed by atoms with Gasteiger partial charge in [-0.2, -0.15) is 5.26 Å². The van der Waals surface area contributed by atoms with Crippen LogP contribution in [0.15, 0.2) is 36.5 Å². The molecule has 0 bridgehead atoms. The van der Waals surface area contributed by atoms with Crippen LogP contribution in [0.5, 0.6) is 0 Å². The predicted octanol–water partition coefficient (Wildman–Crippen LogP) is 3.77. The number of hydrogen-bond donors (Lipinski definition) is 3. The molecule has 1 aliphatic rings. The molecular weight excluding hydrogens is 428 g/mol. The molecule has 1 aromatic carbocycles. The molecule has 0 aliphatic heterocycles. The van der Waals surface area contributed by atoms with Crippen LogP contribution in [0.2, 0.25) is 5.02 Å². The van der Waals surface area contributed by atoms with E-state index in [0.29, 0.717) is 24.2 Å². The van der Waals surface area contributed by atoms with Crippen LogP contribution in [0.1, 0.15) is 37.4 Å². The third-order valence-electron chi connectivity index (χ3n) is 4.79. The summed E-state index contributed by atoms with van der Waals surface area (Å²) in [5, 5.41) is 17.0. The number of pyridine rings is 1. The number of benzene rings is 1. The van der Waals surface area contributed by atoms with Gasteiger partial charge in [-0.3, -0.25) is 14.6 Å². The Hall–Kier alpha value is -3.25. The van der Waals surface area contributed by atoms with Gasteiger partial charge in [0.15, 0.2) is 0 Å². The van der Waals surface area contributed by atoms with E-state index in [1.807, 2.05) is 0 Å². The second kappa shape index (κ2) is 8.86. The Morgan fingerprint density at radius 3 is 2.61 bits per heavy atom. The molecule has 1 saturated carbocycles. The molecule has 162 valence electrons. The van der Waals surface area contributed by atoms with Crippen molar-refractivity contribution >= 4 is 34.8 Å². The molecule has 2 amide bonds. The summed E-state index contributed by atoms with van der Waals surface area (Å²) >= 11 is 5.84. The maximum Gasteiger partial charge on any atom is 0.272 e. The number of carbonyl (C=O) groups is 2. The first-order valence-electron chi connectivity index (χ1n) is 9.49. The Bertz CT molecular complexity index is 1030. The molecule has 7 nitrogen and oxygen atoms in total. The van der Waals surface area contributed by atoms with Gasteiger partial charge in [0.2, 0.25) is 11.8 Å². The molecule has 0 spiro atoms. The quantitative estimate of drug-likeness (QED) is 0.571. The van der Waals surface area contributed by atoms with Crippen molar-refractivity contribution in [1.29, 1.82) is 5.26 Å². The Balaban J connectivity index is 1.60. The SMILES string of the molecule is CC(F)(F)c1cc(Cl)ccc1Nc1ccc(CNC(=O)C2(NC(=O)CC#N)CC2)nc1.